The van der Waals surface area contributed by atoms with Crippen molar-refractivity contribution in [3.05, 3.63) is 35.4 Å². The van der Waals surface area contributed by atoms with Crippen LogP contribution >= 0.6 is 0 Å². The molecular formula is C17H26O. The van der Waals surface area contributed by atoms with Crippen LogP contribution in [0.3, 0.4) is 0 Å². The molecule has 0 amide bonds. The SMILES string of the molecule is CCc1cccc(C(O)C2CCCC(CC)C2)c1. The van der Waals surface area contributed by atoms with Crippen LogP contribution in [0.2, 0.25) is 0 Å². The van der Waals surface area contributed by atoms with E-state index in [2.05, 4.69) is 38.1 Å². The molecule has 1 aromatic rings. The first kappa shape index (κ1) is 13.6. The zero-order chi connectivity index (χ0) is 13.0. The van der Waals surface area contributed by atoms with Crippen LogP contribution in [0.15, 0.2) is 24.3 Å². The van der Waals surface area contributed by atoms with E-state index in [0.717, 1.165) is 17.9 Å². The van der Waals surface area contributed by atoms with Gasteiger partial charge >= 0.3 is 0 Å². The second-order valence-electron chi connectivity index (χ2n) is 5.74. The van der Waals surface area contributed by atoms with E-state index in [0.29, 0.717) is 5.92 Å². The van der Waals surface area contributed by atoms with Gasteiger partial charge in [0, 0.05) is 0 Å². The Morgan fingerprint density at radius 2 is 2.11 bits per heavy atom. The van der Waals surface area contributed by atoms with Crippen molar-refractivity contribution in [2.75, 3.05) is 0 Å². The van der Waals surface area contributed by atoms with E-state index in [-0.39, 0.29) is 6.10 Å². The molecule has 100 valence electrons. The Hall–Kier alpha value is -0.820. The van der Waals surface area contributed by atoms with Gasteiger partial charge in [-0.3, -0.25) is 0 Å². The zero-order valence-electron chi connectivity index (χ0n) is 11.7. The van der Waals surface area contributed by atoms with Crippen molar-refractivity contribution >= 4 is 0 Å². The van der Waals surface area contributed by atoms with Crippen LogP contribution in [0.5, 0.6) is 0 Å². The molecule has 0 spiro atoms. The Bertz CT molecular complexity index is 372. The Morgan fingerprint density at radius 3 is 2.83 bits per heavy atom. The van der Waals surface area contributed by atoms with Gasteiger partial charge in [-0.2, -0.15) is 0 Å². The first-order chi connectivity index (χ1) is 8.74. The van der Waals surface area contributed by atoms with Crippen molar-refractivity contribution in [3.8, 4) is 0 Å². The summed E-state index contributed by atoms with van der Waals surface area (Å²) in [5.41, 5.74) is 2.45. The van der Waals surface area contributed by atoms with Gasteiger partial charge in [-0.1, -0.05) is 57.4 Å². The molecule has 1 fully saturated rings. The first-order valence-corrected chi connectivity index (χ1v) is 7.51. The van der Waals surface area contributed by atoms with Gasteiger partial charge in [-0.05, 0) is 42.2 Å². The maximum absolute atomic E-state index is 10.6. The van der Waals surface area contributed by atoms with Crippen molar-refractivity contribution in [1.82, 2.24) is 0 Å². The van der Waals surface area contributed by atoms with Crippen molar-refractivity contribution in [1.29, 1.82) is 0 Å². The minimum Gasteiger partial charge on any atom is -0.388 e. The van der Waals surface area contributed by atoms with Crippen molar-refractivity contribution in [2.45, 2.75) is 58.5 Å². The lowest BCUT2D eigenvalue weighted by molar-refractivity contribution is 0.0677. The van der Waals surface area contributed by atoms with Gasteiger partial charge in [0.25, 0.3) is 0 Å². The first-order valence-electron chi connectivity index (χ1n) is 7.51. The highest BCUT2D eigenvalue weighted by Gasteiger charge is 2.27. The molecule has 18 heavy (non-hydrogen) atoms. The Kier molecular flexibility index (Phi) is 4.82. The van der Waals surface area contributed by atoms with Crippen LogP contribution in [-0.2, 0) is 6.42 Å². The third-order valence-electron chi connectivity index (χ3n) is 4.55. The Morgan fingerprint density at radius 1 is 1.28 bits per heavy atom. The average molecular weight is 246 g/mol. The summed E-state index contributed by atoms with van der Waals surface area (Å²) in [4.78, 5) is 0. The minimum atomic E-state index is -0.258. The molecule has 0 bridgehead atoms. The average Bonchev–Trinajstić information content (AvgIpc) is 2.46. The van der Waals surface area contributed by atoms with E-state index in [4.69, 9.17) is 0 Å². The second-order valence-corrected chi connectivity index (χ2v) is 5.74. The predicted molar refractivity (Wildman–Crippen MR) is 76.5 cm³/mol. The number of aryl methyl sites for hydroxylation is 1. The molecule has 0 aromatic heterocycles. The summed E-state index contributed by atoms with van der Waals surface area (Å²) in [5.74, 6) is 1.29. The smallest absolute Gasteiger partial charge is 0.0818 e. The number of rotatable bonds is 4. The fourth-order valence-corrected chi connectivity index (χ4v) is 3.26. The fourth-order valence-electron chi connectivity index (χ4n) is 3.26. The molecule has 1 saturated carbocycles. The van der Waals surface area contributed by atoms with Crippen LogP contribution in [-0.4, -0.2) is 5.11 Å². The lowest BCUT2D eigenvalue weighted by Gasteiger charge is -2.32. The molecule has 2 rings (SSSR count). The summed E-state index contributed by atoms with van der Waals surface area (Å²) in [7, 11) is 0. The van der Waals surface area contributed by atoms with Crippen molar-refractivity contribution in [2.24, 2.45) is 11.8 Å². The van der Waals surface area contributed by atoms with Gasteiger partial charge in [0.1, 0.15) is 0 Å². The third kappa shape index (κ3) is 3.14. The maximum Gasteiger partial charge on any atom is 0.0818 e. The predicted octanol–water partition coefficient (Wildman–Crippen LogP) is 4.50. The normalized spacial score (nSPS) is 25.9. The molecule has 1 heteroatoms. The van der Waals surface area contributed by atoms with Gasteiger partial charge < -0.3 is 5.11 Å². The largest absolute Gasteiger partial charge is 0.388 e. The highest BCUT2D eigenvalue weighted by molar-refractivity contribution is 5.25. The Labute approximate surface area is 111 Å². The maximum atomic E-state index is 10.6. The molecule has 0 saturated heterocycles. The van der Waals surface area contributed by atoms with Crippen molar-refractivity contribution in [3.63, 3.8) is 0 Å². The van der Waals surface area contributed by atoms with Gasteiger partial charge in [0.15, 0.2) is 0 Å². The van der Waals surface area contributed by atoms with Crippen LogP contribution in [0.4, 0.5) is 0 Å². The van der Waals surface area contributed by atoms with Crippen LogP contribution in [0, 0.1) is 11.8 Å². The summed E-state index contributed by atoms with van der Waals surface area (Å²) in [5, 5.41) is 10.6. The monoisotopic (exact) mass is 246 g/mol. The van der Waals surface area contributed by atoms with E-state index in [1.165, 1.54) is 37.7 Å². The molecule has 1 aliphatic rings. The summed E-state index contributed by atoms with van der Waals surface area (Å²) in [6, 6.07) is 8.49. The molecule has 3 unspecified atom stereocenters. The van der Waals surface area contributed by atoms with Crippen LogP contribution in [0.1, 0.15) is 63.2 Å². The van der Waals surface area contributed by atoms with Gasteiger partial charge in [-0.15, -0.1) is 0 Å². The number of aliphatic hydroxyl groups excluding tert-OH is 1. The highest BCUT2D eigenvalue weighted by Crippen LogP contribution is 2.38. The third-order valence-corrected chi connectivity index (χ3v) is 4.55. The summed E-state index contributed by atoms with van der Waals surface area (Å²) in [6.45, 7) is 4.44. The van der Waals surface area contributed by atoms with Crippen LogP contribution in [0.25, 0.3) is 0 Å². The molecule has 1 aromatic carbocycles. The van der Waals surface area contributed by atoms with E-state index in [1.54, 1.807) is 0 Å². The number of hydrogen-bond donors (Lipinski definition) is 1. The molecule has 0 heterocycles. The highest BCUT2D eigenvalue weighted by atomic mass is 16.3. The molecule has 3 atom stereocenters. The number of aliphatic hydroxyl groups is 1. The minimum absolute atomic E-state index is 0.258. The molecular weight excluding hydrogens is 220 g/mol. The lowest BCUT2D eigenvalue weighted by atomic mass is 9.76. The van der Waals surface area contributed by atoms with E-state index < -0.39 is 0 Å². The molecule has 0 radical (unpaired) electrons. The molecule has 1 aliphatic carbocycles. The second kappa shape index (κ2) is 6.38. The summed E-state index contributed by atoms with van der Waals surface area (Å²) in [6.07, 6.45) is 7.08. The van der Waals surface area contributed by atoms with E-state index >= 15 is 0 Å². The molecule has 1 nitrogen and oxygen atoms in total. The summed E-state index contributed by atoms with van der Waals surface area (Å²) >= 11 is 0. The standard InChI is InChI=1S/C17H26O/c1-3-13-7-5-9-15(11-13)17(18)16-10-6-8-14(4-2)12-16/h5,7,9,11,14,16-18H,3-4,6,8,10,12H2,1-2H3. The number of hydrogen-bond acceptors (Lipinski definition) is 1. The number of benzene rings is 1. The van der Waals surface area contributed by atoms with E-state index in [9.17, 15) is 5.11 Å². The van der Waals surface area contributed by atoms with Gasteiger partial charge in [0.05, 0.1) is 6.10 Å². The fraction of sp³-hybridized carbons (Fsp3) is 0.647. The van der Waals surface area contributed by atoms with Crippen LogP contribution < -0.4 is 0 Å². The Balaban J connectivity index is 2.07. The van der Waals surface area contributed by atoms with Crippen molar-refractivity contribution < 1.29 is 5.11 Å². The lowest BCUT2D eigenvalue weighted by Crippen LogP contribution is -2.21. The van der Waals surface area contributed by atoms with Gasteiger partial charge in [-0.25, -0.2) is 0 Å². The van der Waals surface area contributed by atoms with E-state index in [1.807, 2.05) is 0 Å². The molecule has 1 N–H and O–H groups in total. The van der Waals surface area contributed by atoms with Gasteiger partial charge in [0.2, 0.25) is 0 Å². The topological polar surface area (TPSA) is 20.2 Å². The zero-order valence-corrected chi connectivity index (χ0v) is 11.7. The summed E-state index contributed by atoms with van der Waals surface area (Å²) < 4.78 is 0. The molecule has 0 aliphatic heterocycles. The quantitative estimate of drug-likeness (QED) is 0.829.